The van der Waals surface area contributed by atoms with E-state index in [0.717, 1.165) is 0 Å². The molecular formula is C32H33FN4O8. The van der Waals surface area contributed by atoms with Gasteiger partial charge in [-0.2, -0.15) is 5.10 Å². The molecule has 3 N–H and O–H groups in total. The van der Waals surface area contributed by atoms with Gasteiger partial charge in [-0.1, -0.05) is 18.2 Å². The number of halogens is 1. The molecule has 3 amide bonds. The quantitative estimate of drug-likeness (QED) is 0.147. The monoisotopic (exact) mass is 620 g/mol. The fourth-order valence-electron chi connectivity index (χ4n) is 4.43. The van der Waals surface area contributed by atoms with E-state index >= 15 is 0 Å². The number of hydrogen-bond acceptors (Lipinski definition) is 9. The molecule has 236 valence electrons. The molecule has 12 nitrogen and oxygen atoms in total. The number of allylic oxidation sites excluding steroid dienone is 1. The number of ether oxygens (including phenoxy) is 5. The summed E-state index contributed by atoms with van der Waals surface area (Å²) in [4.78, 5) is 37.2. The Balaban J connectivity index is 1.35. The van der Waals surface area contributed by atoms with E-state index in [1.807, 2.05) is 0 Å². The highest BCUT2D eigenvalue weighted by atomic mass is 19.1. The fraction of sp³-hybridized carbons (Fsp3) is 0.250. The number of urea groups is 1. The van der Waals surface area contributed by atoms with Crippen molar-refractivity contribution >= 4 is 24.1 Å². The standard InChI is InChI=1S/C32H33FN4O8/c1-5-43-31(39)29-19(2)35-32(40)36-30(29)22-10-12-25(27(15-22)42-4)45-18-28(38)37-34-16-20-9-11-24(26(14-20)41-3)44-17-21-7-6-8-23(33)13-21/h6-16,30H,5,17-18H2,1-4H3,(H,37,38)(H2,35,36,40)/b34-16-/t30-/m1/s1. The molecule has 0 bridgehead atoms. The van der Waals surface area contributed by atoms with Crippen LogP contribution >= 0.6 is 0 Å². The largest absolute Gasteiger partial charge is 0.493 e. The van der Waals surface area contributed by atoms with Gasteiger partial charge in [-0.25, -0.2) is 19.4 Å². The predicted octanol–water partition coefficient (Wildman–Crippen LogP) is 4.14. The second kappa shape index (κ2) is 15.2. The van der Waals surface area contributed by atoms with Crippen molar-refractivity contribution in [2.45, 2.75) is 26.5 Å². The molecule has 0 radical (unpaired) electrons. The molecule has 4 rings (SSSR count). The van der Waals surface area contributed by atoms with Gasteiger partial charge in [0.2, 0.25) is 0 Å². The van der Waals surface area contributed by atoms with E-state index in [-0.39, 0.29) is 42.7 Å². The lowest BCUT2D eigenvalue weighted by atomic mass is 9.95. The van der Waals surface area contributed by atoms with Crippen LogP contribution in [0.3, 0.4) is 0 Å². The lowest BCUT2D eigenvalue weighted by molar-refractivity contribution is -0.139. The Morgan fingerprint density at radius 3 is 2.44 bits per heavy atom. The molecule has 1 aliphatic heterocycles. The molecule has 3 aromatic rings. The van der Waals surface area contributed by atoms with Gasteiger partial charge in [-0.05, 0) is 73.0 Å². The lowest BCUT2D eigenvalue weighted by Crippen LogP contribution is -2.45. The third kappa shape index (κ3) is 8.50. The van der Waals surface area contributed by atoms with E-state index in [4.69, 9.17) is 23.7 Å². The molecule has 0 aliphatic carbocycles. The third-order valence-electron chi connectivity index (χ3n) is 6.52. The summed E-state index contributed by atoms with van der Waals surface area (Å²) < 4.78 is 40.8. The van der Waals surface area contributed by atoms with Crippen LogP contribution < -0.4 is 35.0 Å². The maximum atomic E-state index is 13.4. The number of methoxy groups -OCH3 is 2. The first-order valence-electron chi connectivity index (χ1n) is 13.9. The zero-order valence-electron chi connectivity index (χ0n) is 25.1. The van der Waals surface area contributed by atoms with Gasteiger partial charge in [0, 0.05) is 5.70 Å². The van der Waals surface area contributed by atoms with Gasteiger partial charge in [0.25, 0.3) is 5.91 Å². The summed E-state index contributed by atoms with van der Waals surface area (Å²) in [7, 11) is 2.92. The van der Waals surface area contributed by atoms with Crippen LogP contribution in [-0.2, 0) is 20.9 Å². The van der Waals surface area contributed by atoms with Crippen molar-refractivity contribution in [3.63, 3.8) is 0 Å². The number of rotatable bonds is 13. The number of hydrogen-bond donors (Lipinski definition) is 3. The zero-order chi connectivity index (χ0) is 32.3. The van der Waals surface area contributed by atoms with Gasteiger partial charge in [-0.15, -0.1) is 0 Å². The minimum absolute atomic E-state index is 0.158. The average Bonchev–Trinajstić information content (AvgIpc) is 3.02. The molecule has 45 heavy (non-hydrogen) atoms. The minimum Gasteiger partial charge on any atom is -0.493 e. The SMILES string of the molecule is CCOC(=O)C1=C(C)NC(=O)N[C@@H]1c1ccc(OCC(=O)N/N=C\c2ccc(OCc3cccc(F)c3)c(OC)c2)c(OC)c1. The maximum absolute atomic E-state index is 13.4. The smallest absolute Gasteiger partial charge is 0.338 e. The highest BCUT2D eigenvalue weighted by Gasteiger charge is 2.32. The highest BCUT2D eigenvalue weighted by molar-refractivity contribution is 5.95. The van der Waals surface area contributed by atoms with Crippen LogP contribution in [0.4, 0.5) is 9.18 Å². The van der Waals surface area contributed by atoms with Crippen LogP contribution in [0, 0.1) is 5.82 Å². The second-order valence-corrected chi connectivity index (χ2v) is 9.61. The normalized spacial score (nSPS) is 14.3. The summed E-state index contributed by atoms with van der Waals surface area (Å²) in [6.45, 7) is 3.27. The third-order valence-corrected chi connectivity index (χ3v) is 6.52. The van der Waals surface area contributed by atoms with Gasteiger partial charge in [0.05, 0.1) is 38.7 Å². The average molecular weight is 621 g/mol. The summed E-state index contributed by atoms with van der Waals surface area (Å²) in [6.07, 6.45) is 1.43. The first-order valence-corrected chi connectivity index (χ1v) is 13.9. The number of esters is 1. The van der Waals surface area contributed by atoms with Crippen molar-refractivity contribution in [2.75, 3.05) is 27.4 Å². The molecule has 0 spiro atoms. The number of nitrogens with one attached hydrogen (secondary N) is 3. The molecule has 0 saturated carbocycles. The topological polar surface area (TPSA) is 146 Å². The molecule has 0 aromatic heterocycles. The number of carbonyl (C=O) groups excluding carboxylic acids is 3. The van der Waals surface area contributed by atoms with Crippen molar-refractivity contribution in [1.82, 2.24) is 16.1 Å². The minimum atomic E-state index is -0.786. The summed E-state index contributed by atoms with van der Waals surface area (Å²) >= 11 is 0. The van der Waals surface area contributed by atoms with E-state index in [0.29, 0.717) is 33.9 Å². The molecule has 3 aromatic carbocycles. The van der Waals surface area contributed by atoms with E-state index in [1.165, 1.54) is 32.6 Å². The highest BCUT2D eigenvalue weighted by Crippen LogP contribution is 2.34. The number of nitrogens with zero attached hydrogens (tertiary/aromatic N) is 1. The Kier molecular flexibility index (Phi) is 10.9. The summed E-state index contributed by atoms with van der Waals surface area (Å²) in [5.41, 5.74) is 4.87. The fourth-order valence-corrected chi connectivity index (χ4v) is 4.43. The number of hydrazone groups is 1. The van der Waals surface area contributed by atoms with Crippen LogP contribution in [0.25, 0.3) is 0 Å². The van der Waals surface area contributed by atoms with Crippen molar-refractivity contribution in [3.05, 3.63) is 94.4 Å². The molecule has 1 aliphatic rings. The Bertz CT molecular complexity index is 1620. The molecule has 1 atom stereocenters. The van der Waals surface area contributed by atoms with Crippen LogP contribution in [-0.4, -0.2) is 51.6 Å². The van der Waals surface area contributed by atoms with Gasteiger partial charge in [-0.3, -0.25) is 4.79 Å². The Hall–Kier alpha value is -5.59. The Morgan fingerprint density at radius 1 is 0.978 bits per heavy atom. The number of carbonyl (C=O) groups is 3. The van der Waals surface area contributed by atoms with E-state index in [1.54, 1.807) is 62.4 Å². The first kappa shape index (κ1) is 32.3. The molecule has 0 fully saturated rings. The van der Waals surface area contributed by atoms with Gasteiger partial charge >= 0.3 is 12.0 Å². The van der Waals surface area contributed by atoms with Gasteiger partial charge in [0.15, 0.2) is 29.6 Å². The first-order chi connectivity index (χ1) is 21.7. The molecule has 1 heterocycles. The van der Waals surface area contributed by atoms with Crippen molar-refractivity contribution in [2.24, 2.45) is 5.10 Å². The van der Waals surface area contributed by atoms with E-state index in [2.05, 4.69) is 21.2 Å². The number of amides is 3. The zero-order valence-corrected chi connectivity index (χ0v) is 25.1. The maximum Gasteiger partial charge on any atom is 0.338 e. The van der Waals surface area contributed by atoms with E-state index in [9.17, 15) is 18.8 Å². The summed E-state index contributed by atoms with van der Waals surface area (Å²) in [5.74, 6) is -0.00366. The van der Waals surface area contributed by atoms with Crippen LogP contribution in [0.2, 0.25) is 0 Å². The summed E-state index contributed by atoms with van der Waals surface area (Å²) in [6, 6.07) is 14.8. The van der Waals surface area contributed by atoms with Gasteiger partial charge in [0.1, 0.15) is 12.4 Å². The van der Waals surface area contributed by atoms with Crippen molar-refractivity contribution in [3.8, 4) is 23.0 Å². The molecule has 13 heteroatoms. The summed E-state index contributed by atoms with van der Waals surface area (Å²) in [5, 5.41) is 9.27. The Morgan fingerprint density at radius 2 is 1.71 bits per heavy atom. The van der Waals surface area contributed by atoms with Crippen LogP contribution in [0.5, 0.6) is 23.0 Å². The second-order valence-electron chi connectivity index (χ2n) is 9.61. The van der Waals surface area contributed by atoms with Crippen LogP contribution in [0.1, 0.15) is 36.6 Å². The van der Waals surface area contributed by atoms with E-state index < -0.39 is 23.9 Å². The van der Waals surface area contributed by atoms with Gasteiger partial charge < -0.3 is 34.3 Å². The predicted molar refractivity (Wildman–Crippen MR) is 162 cm³/mol. The molecular weight excluding hydrogens is 587 g/mol. The number of benzene rings is 3. The van der Waals surface area contributed by atoms with Crippen LogP contribution in [0.15, 0.2) is 77.0 Å². The molecule has 0 unspecified atom stereocenters. The molecule has 0 saturated heterocycles. The van der Waals surface area contributed by atoms with Crippen molar-refractivity contribution in [1.29, 1.82) is 0 Å². The Labute approximate surface area is 259 Å². The van der Waals surface area contributed by atoms with Crippen molar-refractivity contribution < 1.29 is 42.5 Å². The lowest BCUT2D eigenvalue weighted by Gasteiger charge is -2.28.